The number of nitrogens with one attached hydrogen (secondary N) is 3. The number of carbonyl (C=O) groups excluding carboxylic acids is 1. The highest BCUT2D eigenvalue weighted by molar-refractivity contribution is 5.81. The van der Waals surface area contributed by atoms with Gasteiger partial charge in [0.2, 0.25) is 5.91 Å². The standard InChI is InChI=1S/C14H23N5O/c1-3-5-11-18-12(15-4-2)8-13(19-11)16-9-14(20)17-10-6-7-10/h8,10H,3-7,9H2,1-2H3,(H,17,20)(H2,15,16,18,19). The maximum atomic E-state index is 11.7. The minimum atomic E-state index is 0.0214. The number of amides is 1. The molecule has 3 N–H and O–H groups in total. The lowest BCUT2D eigenvalue weighted by Gasteiger charge is -2.10. The fourth-order valence-electron chi connectivity index (χ4n) is 1.87. The normalized spacial score (nSPS) is 13.9. The largest absolute Gasteiger partial charge is 0.370 e. The first-order chi connectivity index (χ1) is 9.71. The maximum absolute atomic E-state index is 11.7. The van der Waals surface area contributed by atoms with Gasteiger partial charge in [-0.3, -0.25) is 4.79 Å². The van der Waals surface area contributed by atoms with E-state index in [1.54, 1.807) is 0 Å². The predicted molar refractivity (Wildman–Crippen MR) is 79.8 cm³/mol. The van der Waals surface area contributed by atoms with E-state index in [0.29, 0.717) is 11.9 Å². The zero-order chi connectivity index (χ0) is 14.4. The lowest BCUT2D eigenvalue weighted by molar-refractivity contribution is -0.119. The zero-order valence-electron chi connectivity index (χ0n) is 12.2. The monoisotopic (exact) mass is 277 g/mol. The molecule has 1 aromatic rings. The van der Waals surface area contributed by atoms with Crippen molar-refractivity contribution in [2.24, 2.45) is 0 Å². The molecule has 0 aromatic carbocycles. The van der Waals surface area contributed by atoms with Gasteiger partial charge >= 0.3 is 0 Å². The quantitative estimate of drug-likeness (QED) is 0.672. The van der Waals surface area contributed by atoms with Gasteiger partial charge in [0.25, 0.3) is 0 Å². The van der Waals surface area contributed by atoms with Crippen molar-refractivity contribution in [1.82, 2.24) is 15.3 Å². The molecule has 6 nitrogen and oxygen atoms in total. The first-order valence-electron chi connectivity index (χ1n) is 7.36. The molecule has 1 fully saturated rings. The van der Waals surface area contributed by atoms with Gasteiger partial charge in [0.1, 0.15) is 17.5 Å². The molecule has 0 radical (unpaired) electrons. The number of nitrogens with zero attached hydrogens (tertiary/aromatic N) is 2. The van der Waals surface area contributed by atoms with Crippen LogP contribution >= 0.6 is 0 Å². The van der Waals surface area contributed by atoms with E-state index in [1.165, 1.54) is 0 Å². The van der Waals surface area contributed by atoms with Gasteiger partial charge in [-0.2, -0.15) is 0 Å². The van der Waals surface area contributed by atoms with Gasteiger partial charge < -0.3 is 16.0 Å². The molecule has 1 aliphatic rings. The molecule has 1 amide bonds. The number of aromatic nitrogens is 2. The second-order valence-corrected chi connectivity index (χ2v) is 5.03. The molecule has 1 aromatic heterocycles. The predicted octanol–water partition coefficient (Wildman–Crippen LogP) is 1.55. The van der Waals surface area contributed by atoms with E-state index in [1.807, 2.05) is 13.0 Å². The molecule has 6 heteroatoms. The van der Waals surface area contributed by atoms with E-state index in [4.69, 9.17) is 0 Å². The summed E-state index contributed by atoms with van der Waals surface area (Å²) in [6.45, 7) is 5.19. The van der Waals surface area contributed by atoms with Crippen LogP contribution in [0.15, 0.2) is 6.07 Å². The number of anilines is 2. The Labute approximate surface area is 119 Å². The Hall–Kier alpha value is -1.85. The van der Waals surface area contributed by atoms with Crippen LogP contribution in [0.5, 0.6) is 0 Å². The zero-order valence-corrected chi connectivity index (χ0v) is 12.2. The highest BCUT2D eigenvalue weighted by Gasteiger charge is 2.22. The summed E-state index contributed by atoms with van der Waals surface area (Å²) in [6, 6.07) is 2.23. The minimum absolute atomic E-state index is 0.0214. The summed E-state index contributed by atoms with van der Waals surface area (Å²) in [5.74, 6) is 2.32. The van der Waals surface area contributed by atoms with Crippen molar-refractivity contribution >= 4 is 17.5 Å². The number of aryl methyl sites for hydroxylation is 1. The molecule has 0 atom stereocenters. The molecule has 20 heavy (non-hydrogen) atoms. The molecule has 0 spiro atoms. The minimum Gasteiger partial charge on any atom is -0.370 e. The van der Waals surface area contributed by atoms with Crippen LogP contribution in [-0.4, -0.2) is 35.0 Å². The van der Waals surface area contributed by atoms with Crippen LogP contribution in [0.4, 0.5) is 11.6 Å². The lowest BCUT2D eigenvalue weighted by Crippen LogP contribution is -2.31. The second-order valence-electron chi connectivity index (χ2n) is 5.03. The van der Waals surface area contributed by atoms with E-state index in [2.05, 4.69) is 32.8 Å². The summed E-state index contributed by atoms with van der Waals surface area (Å²) >= 11 is 0. The Kier molecular flexibility index (Phi) is 5.15. The topological polar surface area (TPSA) is 78.9 Å². The van der Waals surface area contributed by atoms with Crippen molar-refractivity contribution in [2.75, 3.05) is 23.7 Å². The SMILES string of the molecule is CCCc1nc(NCC)cc(NCC(=O)NC2CC2)n1. The van der Waals surface area contributed by atoms with Crippen LogP contribution in [0.3, 0.4) is 0 Å². The average molecular weight is 277 g/mol. The van der Waals surface area contributed by atoms with Gasteiger partial charge in [0.05, 0.1) is 6.54 Å². The summed E-state index contributed by atoms with van der Waals surface area (Å²) in [6.07, 6.45) is 4.04. The molecule has 0 aliphatic heterocycles. The molecule has 1 aliphatic carbocycles. The van der Waals surface area contributed by atoms with Crippen LogP contribution in [0.25, 0.3) is 0 Å². The average Bonchev–Trinajstić information content (AvgIpc) is 3.21. The number of rotatable bonds is 8. The molecule has 1 saturated carbocycles. The molecular formula is C14H23N5O. The fraction of sp³-hybridized carbons (Fsp3) is 0.643. The van der Waals surface area contributed by atoms with Crippen molar-refractivity contribution in [2.45, 2.75) is 45.6 Å². The Morgan fingerprint density at radius 3 is 2.55 bits per heavy atom. The van der Waals surface area contributed by atoms with Crippen molar-refractivity contribution in [3.05, 3.63) is 11.9 Å². The smallest absolute Gasteiger partial charge is 0.239 e. The Bertz CT molecular complexity index is 435. The van der Waals surface area contributed by atoms with Gasteiger partial charge in [0.15, 0.2) is 0 Å². The van der Waals surface area contributed by atoms with E-state index >= 15 is 0 Å². The van der Waals surface area contributed by atoms with E-state index in [0.717, 1.165) is 43.9 Å². The van der Waals surface area contributed by atoms with Gasteiger partial charge in [0, 0.05) is 25.1 Å². The third-order valence-electron chi connectivity index (χ3n) is 2.98. The van der Waals surface area contributed by atoms with Crippen molar-refractivity contribution in [3.63, 3.8) is 0 Å². The van der Waals surface area contributed by atoms with E-state index < -0.39 is 0 Å². The fourth-order valence-corrected chi connectivity index (χ4v) is 1.87. The van der Waals surface area contributed by atoms with Crippen molar-refractivity contribution in [1.29, 1.82) is 0 Å². The van der Waals surface area contributed by atoms with Gasteiger partial charge in [-0.05, 0) is 26.2 Å². The molecule has 0 saturated heterocycles. The van der Waals surface area contributed by atoms with Gasteiger partial charge in [-0.25, -0.2) is 9.97 Å². The molecule has 110 valence electrons. The molecule has 2 rings (SSSR count). The van der Waals surface area contributed by atoms with E-state index in [9.17, 15) is 4.79 Å². The molecule has 1 heterocycles. The summed E-state index contributed by atoms with van der Waals surface area (Å²) in [7, 11) is 0. The Balaban J connectivity index is 1.95. The van der Waals surface area contributed by atoms with Crippen LogP contribution in [0.1, 0.15) is 38.9 Å². The van der Waals surface area contributed by atoms with Gasteiger partial charge in [-0.1, -0.05) is 6.92 Å². The maximum Gasteiger partial charge on any atom is 0.239 e. The highest BCUT2D eigenvalue weighted by Crippen LogP contribution is 2.18. The van der Waals surface area contributed by atoms with Crippen LogP contribution in [-0.2, 0) is 11.2 Å². The van der Waals surface area contributed by atoms with Crippen LogP contribution < -0.4 is 16.0 Å². The summed E-state index contributed by atoms with van der Waals surface area (Å²) < 4.78 is 0. The van der Waals surface area contributed by atoms with Crippen LogP contribution in [0.2, 0.25) is 0 Å². The van der Waals surface area contributed by atoms with Crippen molar-refractivity contribution < 1.29 is 4.79 Å². The molecular weight excluding hydrogens is 254 g/mol. The van der Waals surface area contributed by atoms with E-state index in [-0.39, 0.29) is 12.5 Å². The molecule has 0 unspecified atom stereocenters. The summed E-state index contributed by atoms with van der Waals surface area (Å²) in [4.78, 5) is 20.5. The lowest BCUT2D eigenvalue weighted by atomic mass is 10.3. The summed E-state index contributed by atoms with van der Waals surface area (Å²) in [5.41, 5.74) is 0. The number of hydrogen-bond donors (Lipinski definition) is 3. The summed E-state index contributed by atoms with van der Waals surface area (Å²) in [5, 5.41) is 9.20. The Morgan fingerprint density at radius 1 is 1.25 bits per heavy atom. The third kappa shape index (κ3) is 4.68. The highest BCUT2D eigenvalue weighted by atomic mass is 16.2. The molecule has 0 bridgehead atoms. The third-order valence-corrected chi connectivity index (χ3v) is 2.98. The number of carbonyl (C=O) groups is 1. The Morgan fingerprint density at radius 2 is 1.95 bits per heavy atom. The first-order valence-corrected chi connectivity index (χ1v) is 7.36. The first kappa shape index (κ1) is 14.6. The van der Waals surface area contributed by atoms with Crippen molar-refractivity contribution in [3.8, 4) is 0 Å². The van der Waals surface area contributed by atoms with Crippen LogP contribution in [0, 0.1) is 0 Å². The number of hydrogen-bond acceptors (Lipinski definition) is 5. The van der Waals surface area contributed by atoms with Gasteiger partial charge in [-0.15, -0.1) is 0 Å². The second kappa shape index (κ2) is 7.07.